The molecule has 1 aromatic heterocycles. The minimum absolute atomic E-state index is 0.303. The molecule has 0 saturated heterocycles. The van der Waals surface area contributed by atoms with Gasteiger partial charge in [-0.3, -0.25) is 4.68 Å². The van der Waals surface area contributed by atoms with E-state index in [0.29, 0.717) is 10.5 Å². The van der Waals surface area contributed by atoms with Crippen LogP contribution in [0.5, 0.6) is 0 Å². The number of aromatic nitrogens is 2. The molecule has 0 bridgehead atoms. The molecular weight excluding hydrogens is 250 g/mol. The van der Waals surface area contributed by atoms with Crippen LogP contribution in [0.3, 0.4) is 0 Å². The Labute approximate surface area is 107 Å². The summed E-state index contributed by atoms with van der Waals surface area (Å²) in [5.41, 5.74) is 2.63. The van der Waals surface area contributed by atoms with Crippen molar-refractivity contribution >= 4 is 10.0 Å². The molecule has 6 heteroatoms. The van der Waals surface area contributed by atoms with E-state index < -0.39 is 10.0 Å². The van der Waals surface area contributed by atoms with Gasteiger partial charge in [0, 0.05) is 18.8 Å². The van der Waals surface area contributed by atoms with E-state index in [9.17, 15) is 8.42 Å². The van der Waals surface area contributed by atoms with Gasteiger partial charge < -0.3 is 0 Å². The van der Waals surface area contributed by atoms with Gasteiger partial charge in [-0.15, -0.1) is 0 Å². The summed E-state index contributed by atoms with van der Waals surface area (Å²) >= 11 is 0. The Balaban J connectivity index is 2.49. The van der Waals surface area contributed by atoms with Crippen molar-refractivity contribution in [2.24, 2.45) is 7.05 Å². The van der Waals surface area contributed by atoms with Crippen LogP contribution in [0.2, 0.25) is 0 Å². The summed E-state index contributed by atoms with van der Waals surface area (Å²) in [4.78, 5) is 0.303. The third-order valence-electron chi connectivity index (χ3n) is 2.77. The first-order chi connectivity index (χ1) is 8.44. The van der Waals surface area contributed by atoms with Crippen LogP contribution < -0.4 is 4.72 Å². The Morgan fingerprint density at radius 2 is 2.00 bits per heavy atom. The monoisotopic (exact) mass is 265 g/mol. The SMILES string of the molecule is CNS(=O)(=O)c1ccc(-c2cnn(C)c2)cc1C. The van der Waals surface area contributed by atoms with Gasteiger partial charge in [-0.1, -0.05) is 6.07 Å². The van der Waals surface area contributed by atoms with Crippen molar-refractivity contribution in [2.75, 3.05) is 7.05 Å². The zero-order chi connectivity index (χ0) is 13.3. The Bertz CT molecular complexity index is 674. The molecule has 0 fully saturated rings. The van der Waals surface area contributed by atoms with Crippen LogP contribution in [0.15, 0.2) is 35.5 Å². The number of rotatable bonds is 3. The van der Waals surface area contributed by atoms with Crippen LogP contribution >= 0.6 is 0 Å². The fourth-order valence-electron chi connectivity index (χ4n) is 1.81. The first-order valence-corrected chi connectivity index (χ1v) is 6.95. The average molecular weight is 265 g/mol. The highest BCUT2D eigenvalue weighted by atomic mass is 32.2. The van der Waals surface area contributed by atoms with Gasteiger partial charge in [0.25, 0.3) is 0 Å². The van der Waals surface area contributed by atoms with Crippen LogP contribution in [0.1, 0.15) is 5.56 Å². The number of nitrogens with zero attached hydrogens (tertiary/aromatic N) is 2. The highest BCUT2D eigenvalue weighted by Gasteiger charge is 2.14. The van der Waals surface area contributed by atoms with E-state index in [2.05, 4.69) is 9.82 Å². The Kier molecular flexibility index (Phi) is 3.23. The van der Waals surface area contributed by atoms with Gasteiger partial charge in [-0.05, 0) is 37.2 Å². The lowest BCUT2D eigenvalue weighted by Gasteiger charge is -2.07. The Hall–Kier alpha value is -1.66. The Morgan fingerprint density at radius 1 is 1.28 bits per heavy atom. The molecule has 0 saturated carbocycles. The van der Waals surface area contributed by atoms with E-state index in [1.54, 1.807) is 29.9 Å². The van der Waals surface area contributed by atoms with Crippen molar-refractivity contribution < 1.29 is 8.42 Å². The van der Waals surface area contributed by atoms with Crippen molar-refractivity contribution in [1.82, 2.24) is 14.5 Å². The largest absolute Gasteiger partial charge is 0.275 e. The molecule has 96 valence electrons. The van der Waals surface area contributed by atoms with E-state index in [0.717, 1.165) is 11.1 Å². The number of benzene rings is 1. The van der Waals surface area contributed by atoms with E-state index in [1.807, 2.05) is 19.3 Å². The van der Waals surface area contributed by atoms with Crippen molar-refractivity contribution in [3.63, 3.8) is 0 Å². The van der Waals surface area contributed by atoms with Crippen LogP contribution in [-0.4, -0.2) is 25.2 Å². The zero-order valence-electron chi connectivity index (χ0n) is 10.5. The molecule has 0 spiro atoms. The molecule has 0 atom stereocenters. The molecule has 2 aromatic rings. The predicted octanol–water partition coefficient (Wildman–Crippen LogP) is 1.30. The maximum atomic E-state index is 11.7. The number of hydrogen-bond donors (Lipinski definition) is 1. The third kappa shape index (κ3) is 2.30. The smallest absolute Gasteiger partial charge is 0.240 e. The van der Waals surface area contributed by atoms with Gasteiger partial charge in [0.1, 0.15) is 0 Å². The molecule has 1 heterocycles. The second-order valence-corrected chi connectivity index (χ2v) is 5.95. The predicted molar refractivity (Wildman–Crippen MR) is 69.6 cm³/mol. The van der Waals surface area contributed by atoms with Crippen molar-refractivity contribution in [2.45, 2.75) is 11.8 Å². The number of sulfonamides is 1. The van der Waals surface area contributed by atoms with Gasteiger partial charge in [0.2, 0.25) is 10.0 Å². The maximum absolute atomic E-state index is 11.7. The van der Waals surface area contributed by atoms with E-state index in [1.165, 1.54) is 7.05 Å². The molecule has 18 heavy (non-hydrogen) atoms. The third-order valence-corrected chi connectivity index (χ3v) is 4.35. The van der Waals surface area contributed by atoms with Gasteiger partial charge in [-0.25, -0.2) is 13.1 Å². The standard InChI is InChI=1S/C12H15N3O2S/c1-9-6-10(11-7-14-15(3)8-11)4-5-12(9)18(16,17)13-2/h4-8,13H,1-3H3. The summed E-state index contributed by atoms with van der Waals surface area (Å²) in [5.74, 6) is 0. The first kappa shape index (κ1) is 12.8. The lowest BCUT2D eigenvalue weighted by molar-refractivity contribution is 0.587. The molecule has 0 amide bonds. The topological polar surface area (TPSA) is 64.0 Å². The molecule has 0 unspecified atom stereocenters. The minimum atomic E-state index is -3.39. The normalized spacial score (nSPS) is 11.7. The highest BCUT2D eigenvalue weighted by Crippen LogP contribution is 2.23. The van der Waals surface area contributed by atoms with Gasteiger partial charge in [-0.2, -0.15) is 5.10 Å². The van der Waals surface area contributed by atoms with Crippen molar-refractivity contribution in [1.29, 1.82) is 0 Å². The van der Waals surface area contributed by atoms with Crippen LogP contribution in [0.25, 0.3) is 11.1 Å². The molecule has 0 aliphatic rings. The fourth-order valence-corrected chi connectivity index (χ4v) is 2.76. The molecular formula is C12H15N3O2S. The van der Waals surface area contributed by atoms with E-state index >= 15 is 0 Å². The average Bonchev–Trinajstić information content (AvgIpc) is 2.75. The summed E-state index contributed by atoms with van der Waals surface area (Å²) < 4.78 is 27.5. The molecule has 5 nitrogen and oxygen atoms in total. The van der Waals surface area contributed by atoms with E-state index in [-0.39, 0.29) is 0 Å². The minimum Gasteiger partial charge on any atom is -0.275 e. The van der Waals surface area contributed by atoms with Crippen molar-refractivity contribution in [3.8, 4) is 11.1 Å². The van der Waals surface area contributed by atoms with Crippen LogP contribution in [-0.2, 0) is 17.1 Å². The van der Waals surface area contributed by atoms with E-state index in [4.69, 9.17) is 0 Å². The maximum Gasteiger partial charge on any atom is 0.240 e. The molecule has 0 radical (unpaired) electrons. The molecule has 2 rings (SSSR count). The van der Waals surface area contributed by atoms with Crippen LogP contribution in [0, 0.1) is 6.92 Å². The Morgan fingerprint density at radius 3 is 2.50 bits per heavy atom. The van der Waals surface area contributed by atoms with Crippen LogP contribution in [0.4, 0.5) is 0 Å². The lowest BCUT2D eigenvalue weighted by atomic mass is 10.1. The lowest BCUT2D eigenvalue weighted by Crippen LogP contribution is -2.19. The summed E-state index contributed by atoms with van der Waals surface area (Å²) in [7, 11) is -0.143. The molecule has 0 aliphatic carbocycles. The fraction of sp³-hybridized carbons (Fsp3) is 0.250. The summed E-state index contributed by atoms with van der Waals surface area (Å²) in [6.45, 7) is 1.78. The molecule has 1 aromatic carbocycles. The summed E-state index contributed by atoms with van der Waals surface area (Å²) in [5, 5.41) is 4.10. The first-order valence-electron chi connectivity index (χ1n) is 5.47. The number of hydrogen-bond acceptors (Lipinski definition) is 3. The van der Waals surface area contributed by atoms with Gasteiger partial charge in [0.15, 0.2) is 0 Å². The summed E-state index contributed by atoms with van der Waals surface area (Å²) in [6, 6.07) is 5.25. The molecule has 0 aliphatic heterocycles. The highest BCUT2D eigenvalue weighted by molar-refractivity contribution is 7.89. The number of nitrogens with one attached hydrogen (secondary N) is 1. The number of aryl methyl sites for hydroxylation is 2. The van der Waals surface area contributed by atoms with Crippen molar-refractivity contribution in [3.05, 3.63) is 36.2 Å². The molecule has 1 N–H and O–H groups in total. The zero-order valence-corrected chi connectivity index (χ0v) is 11.3. The second kappa shape index (κ2) is 4.55. The summed E-state index contributed by atoms with van der Waals surface area (Å²) in [6.07, 6.45) is 3.64. The van der Waals surface area contributed by atoms with Gasteiger partial charge >= 0.3 is 0 Å². The second-order valence-electron chi connectivity index (χ2n) is 4.09. The van der Waals surface area contributed by atoms with Gasteiger partial charge in [0.05, 0.1) is 11.1 Å². The quantitative estimate of drug-likeness (QED) is 0.910.